The van der Waals surface area contributed by atoms with E-state index in [1.807, 2.05) is 24.3 Å². The van der Waals surface area contributed by atoms with Gasteiger partial charge in [-0.25, -0.2) is 4.68 Å². The van der Waals surface area contributed by atoms with Gasteiger partial charge >= 0.3 is 6.55 Å². The Morgan fingerprint density at radius 3 is 2.69 bits per heavy atom. The number of benzene rings is 1. The van der Waals surface area contributed by atoms with Crippen LogP contribution in [-0.4, -0.2) is 9.78 Å². The number of aromatic nitrogens is 2. The maximum Gasteiger partial charge on any atom is 0.333 e. The van der Waals surface area contributed by atoms with Crippen LogP contribution in [0.5, 0.6) is 0 Å². The molecule has 2 aromatic rings. The Kier molecular flexibility index (Phi) is 2.96. The molecule has 0 saturated heterocycles. The summed E-state index contributed by atoms with van der Waals surface area (Å²) in [6, 6.07) is 7.42. The fraction of sp³-hybridized carbons (Fsp3) is 0.182. The van der Waals surface area contributed by atoms with Crippen LogP contribution in [0.3, 0.4) is 0 Å². The summed E-state index contributed by atoms with van der Waals surface area (Å²) < 4.78 is 25.3. The highest BCUT2D eigenvalue weighted by molar-refractivity contribution is 5.65. The van der Waals surface area contributed by atoms with Crippen molar-refractivity contribution < 1.29 is 8.78 Å². The molecule has 0 unspecified atom stereocenters. The van der Waals surface area contributed by atoms with E-state index in [2.05, 4.69) is 5.10 Å². The fourth-order valence-electron chi connectivity index (χ4n) is 1.56. The van der Waals surface area contributed by atoms with Crippen molar-refractivity contribution in [1.29, 1.82) is 0 Å². The van der Waals surface area contributed by atoms with Gasteiger partial charge in [-0.15, -0.1) is 0 Å². The van der Waals surface area contributed by atoms with Gasteiger partial charge in [-0.05, 0) is 11.1 Å². The zero-order valence-corrected chi connectivity index (χ0v) is 8.48. The minimum atomic E-state index is -2.61. The quantitative estimate of drug-likeness (QED) is 0.868. The van der Waals surface area contributed by atoms with Gasteiger partial charge in [-0.2, -0.15) is 13.9 Å². The minimum Gasteiger partial charge on any atom is -0.326 e. The summed E-state index contributed by atoms with van der Waals surface area (Å²) in [5.74, 6) is 0. The number of hydrogen-bond donors (Lipinski definition) is 1. The van der Waals surface area contributed by atoms with E-state index in [4.69, 9.17) is 5.73 Å². The molecule has 1 heterocycles. The van der Waals surface area contributed by atoms with Crippen molar-refractivity contribution in [2.45, 2.75) is 13.1 Å². The Labute approximate surface area is 91.5 Å². The average Bonchev–Trinajstić information content (AvgIpc) is 2.78. The molecule has 2 rings (SSSR count). The molecule has 3 nitrogen and oxygen atoms in total. The summed E-state index contributed by atoms with van der Waals surface area (Å²) in [6.07, 6.45) is 2.74. The first kappa shape index (κ1) is 10.8. The van der Waals surface area contributed by atoms with Gasteiger partial charge < -0.3 is 5.73 Å². The van der Waals surface area contributed by atoms with E-state index in [9.17, 15) is 8.78 Å². The number of nitrogens with two attached hydrogens (primary N) is 1. The number of nitrogens with zero attached hydrogens (tertiary/aromatic N) is 2. The summed E-state index contributed by atoms with van der Waals surface area (Å²) >= 11 is 0. The van der Waals surface area contributed by atoms with E-state index in [-0.39, 0.29) is 0 Å². The normalized spacial score (nSPS) is 11.0. The van der Waals surface area contributed by atoms with Gasteiger partial charge in [0.2, 0.25) is 0 Å². The molecule has 0 aliphatic rings. The van der Waals surface area contributed by atoms with Crippen molar-refractivity contribution in [2.24, 2.45) is 5.73 Å². The lowest BCUT2D eigenvalue weighted by molar-refractivity contribution is 0.0566. The van der Waals surface area contributed by atoms with Crippen LogP contribution in [0.1, 0.15) is 12.1 Å². The van der Waals surface area contributed by atoms with Crippen molar-refractivity contribution in [1.82, 2.24) is 9.78 Å². The van der Waals surface area contributed by atoms with Gasteiger partial charge in [0, 0.05) is 18.3 Å². The highest BCUT2D eigenvalue weighted by Gasteiger charge is 2.10. The van der Waals surface area contributed by atoms with Crippen molar-refractivity contribution in [2.75, 3.05) is 0 Å². The molecule has 84 valence electrons. The standard InChI is InChI=1S/C11H11F2N3/c12-11(13)16-7-9(6-15-16)10-4-2-1-3-8(10)5-14/h1-4,6-7,11H,5,14H2. The van der Waals surface area contributed by atoms with Gasteiger partial charge in [0.05, 0.1) is 6.20 Å². The number of halogens is 2. The number of hydrogen-bond acceptors (Lipinski definition) is 2. The second-order valence-electron chi connectivity index (χ2n) is 3.35. The fourth-order valence-corrected chi connectivity index (χ4v) is 1.56. The smallest absolute Gasteiger partial charge is 0.326 e. The lowest BCUT2D eigenvalue weighted by Gasteiger charge is -2.04. The Bertz CT molecular complexity index is 480. The van der Waals surface area contributed by atoms with E-state index in [0.29, 0.717) is 16.8 Å². The van der Waals surface area contributed by atoms with Crippen LogP contribution in [0, 0.1) is 0 Å². The third kappa shape index (κ3) is 1.94. The molecule has 0 atom stereocenters. The SMILES string of the molecule is NCc1ccccc1-c1cnn(C(F)F)c1. The van der Waals surface area contributed by atoms with E-state index in [1.54, 1.807) is 0 Å². The zero-order chi connectivity index (χ0) is 11.5. The van der Waals surface area contributed by atoms with E-state index in [1.165, 1.54) is 12.4 Å². The Balaban J connectivity index is 2.42. The summed E-state index contributed by atoms with van der Waals surface area (Å²) in [5.41, 5.74) is 7.99. The average molecular weight is 223 g/mol. The molecule has 0 amide bonds. The van der Waals surface area contributed by atoms with Gasteiger partial charge in [0.25, 0.3) is 0 Å². The molecule has 0 radical (unpaired) electrons. The summed E-state index contributed by atoms with van der Waals surface area (Å²) in [7, 11) is 0. The first-order valence-corrected chi connectivity index (χ1v) is 4.83. The van der Waals surface area contributed by atoms with Crippen LogP contribution in [0.25, 0.3) is 11.1 Å². The van der Waals surface area contributed by atoms with Gasteiger partial charge in [-0.1, -0.05) is 24.3 Å². The van der Waals surface area contributed by atoms with Crippen LogP contribution < -0.4 is 5.73 Å². The molecule has 5 heteroatoms. The molecule has 0 aliphatic carbocycles. The first-order valence-electron chi connectivity index (χ1n) is 4.83. The van der Waals surface area contributed by atoms with E-state index < -0.39 is 6.55 Å². The molecule has 0 spiro atoms. The lowest BCUT2D eigenvalue weighted by atomic mass is 10.0. The molecule has 0 aliphatic heterocycles. The number of rotatable bonds is 3. The van der Waals surface area contributed by atoms with Gasteiger partial charge in [-0.3, -0.25) is 0 Å². The van der Waals surface area contributed by atoms with E-state index >= 15 is 0 Å². The van der Waals surface area contributed by atoms with Crippen LogP contribution >= 0.6 is 0 Å². The second-order valence-corrected chi connectivity index (χ2v) is 3.35. The third-order valence-corrected chi connectivity index (χ3v) is 2.35. The summed E-state index contributed by atoms with van der Waals surface area (Å²) in [6.45, 7) is -2.24. The predicted molar refractivity (Wildman–Crippen MR) is 56.8 cm³/mol. The highest BCUT2D eigenvalue weighted by Crippen LogP contribution is 2.24. The number of alkyl halides is 2. The monoisotopic (exact) mass is 223 g/mol. The molecular formula is C11H11F2N3. The van der Waals surface area contributed by atoms with Gasteiger partial charge in [0.1, 0.15) is 0 Å². The van der Waals surface area contributed by atoms with Crippen molar-refractivity contribution in [3.8, 4) is 11.1 Å². The lowest BCUT2D eigenvalue weighted by Crippen LogP contribution is -1.98. The van der Waals surface area contributed by atoms with Crippen molar-refractivity contribution in [3.63, 3.8) is 0 Å². The largest absolute Gasteiger partial charge is 0.333 e. The van der Waals surface area contributed by atoms with Crippen LogP contribution in [0.15, 0.2) is 36.7 Å². The zero-order valence-electron chi connectivity index (χ0n) is 8.48. The van der Waals surface area contributed by atoms with Crippen molar-refractivity contribution in [3.05, 3.63) is 42.2 Å². The minimum absolute atomic E-state index is 0.371. The molecule has 0 fully saturated rings. The summed E-state index contributed by atoms with van der Waals surface area (Å²) in [4.78, 5) is 0. The molecule has 1 aromatic heterocycles. The Morgan fingerprint density at radius 2 is 2.06 bits per heavy atom. The van der Waals surface area contributed by atoms with Crippen LogP contribution in [0.2, 0.25) is 0 Å². The van der Waals surface area contributed by atoms with Crippen LogP contribution in [0.4, 0.5) is 8.78 Å². The third-order valence-electron chi connectivity index (χ3n) is 2.35. The van der Waals surface area contributed by atoms with Crippen LogP contribution in [-0.2, 0) is 6.54 Å². The molecule has 2 N–H and O–H groups in total. The topological polar surface area (TPSA) is 43.8 Å². The Hall–Kier alpha value is -1.75. The molecule has 16 heavy (non-hydrogen) atoms. The van der Waals surface area contributed by atoms with Crippen molar-refractivity contribution >= 4 is 0 Å². The maximum atomic E-state index is 12.4. The predicted octanol–water partition coefficient (Wildman–Crippen LogP) is 2.40. The Morgan fingerprint density at radius 1 is 1.31 bits per heavy atom. The molecule has 1 aromatic carbocycles. The first-order chi connectivity index (χ1) is 7.72. The maximum absolute atomic E-state index is 12.4. The molecular weight excluding hydrogens is 212 g/mol. The van der Waals surface area contributed by atoms with E-state index in [0.717, 1.165) is 11.1 Å². The molecule has 0 saturated carbocycles. The second kappa shape index (κ2) is 4.40. The van der Waals surface area contributed by atoms with Gasteiger partial charge in [0.15, 0.2) is 0 Å². The molecule has 0 bridgehead atoms. The summed E-state index contributed by atoms with van der Waals surface area (Å²) in [5, 5.41) is 3.59. The highest BCUT2D eigenvalue weighted by atomic mass is 19.3.